The molecule has 5 nitrogen and oxygen atoms in total. The van der Waals surface area contributed by atoms with E-state index in [1.54, 1.807) is 12.1 Å². The number of aryl methyl sites for hydroxylation is 1. The summed E-state index contributed by atoms with van der Waals surface area (Å²) in [5.74, 6) is -0.985. The van der Waals surface area contributed by atoms with Crippen molar-refractivity contribution in [2.24, 2.45) is 0 Å². The number of amides is 2. The normalized spacial score (nSPS) is 9.95. The molecule has 0 bridgehead atoms. The quantitative estimate of drug-likeness (QED) is 0.807. The van der Waals surface area contributed by atoms with E-state index in [2.05, 4.69) is 10.6 Å². The summed E-state index contributed by atoms with van der Waals surface area (Å²) >= 11 is 0. The van der Waals surface area contributed by atoms with E-state index in [-0.39, 0.29) is 18.1 Å². The molecule has 0 aromatic heterocycles. The number of hydrogen-bond acceptors (Lipinski definition) is 2. The number of anilines is 1. The monoisotopic (exact) mass is 284 g/mol. The zero-order chi connectivity index (χ0) is 15.2. The van der Waals surface area contributed by atoms with Crippen LogP contribution in [0, 0.1) is 6.92 Å². The van der Waals surface area contributed by atoms with E-state index in [1.807, 2.05) is 31.2 Å². The van der Waals surface area contributed by atoms with Crippen molar-refractivity contribution in [3.63, 3.8) is 0 Å². The molecule has 0 saturated carbocycles. The number of benzene rings is 2. The van der Waals surface area contributed by atoms with Crippen molar-refractivity contribution in [2.75, 3.05) is 5.32 Å². The van der Waals surface area contributed by atoms with Gasteiger partial charge in [0.1, 0.15) is 0 Å². The lowest BCUT2D eigenvalue weighted by molar-refractivity contribution is 0.0696. The molecule has 0 radical (unpaired) electrons. The lowest BCUT2D eigenvalue weighted by Crippen LogP contribution is -2.28. The number of carbonyl (C=O) groups excluding carboxylic acids is 1. The molecule has 0 heterocycles. The average Bonchev–Trinajstić information content (AvgIpc) is 2.48. The molecule has 2 rings (SSSR count). The predicted molar refractivity (Wildman–Crippen MR) is 80.4 cm³/mol. The van der Waals surface area contributed by atoms with Crippen molar-refractivity contribution in [1.82, 2.24) is 5.32 Å². The largest absolute Gasteiger partial charge is 0.478 e. The fourth-order valence-electron chi connectivity index (χ4n) is 1.88. The minimum atomic E-state index is -0.985. The second-order valence-electron chi connectivity index (χ2n) is 4.63. The molecule has 0 spiro atoms. The average molecular weight is 284 g/mol. The first-order valence-electron chi connectivity index (χ1n) is 6.49. The fourth-order valence-corrected chi connectivity index (χ4v) is 1.88. The van der Waals surface area contributed by atoms with Crippen LogP contribution < -0.4 is 10.6 Å². The first-order chi connectivity index (χ1) is 10.1. The Morgan fingerprint density at radius 2 is 1.86 bits per heavy atom. The zero-order valence-corrected chi connectivity index (χ0v) is 11.6. The standard InChI is InChI=1S/C16H16N2O3/c1-11-5-2-3-8-14(11)18-16(21)17-10-12-6-4-7-13(9-12)15(19)20/h2-9H,10H2,1H3,(H,19,20)(H2,17,18,21). The smallest absolute Gasteiger partial charge is 0.335 e. The summed E-state index contributed by atoms with van der Waals surface area (Å²) in [6.07, 6.45) is 0. The summed E-state index contributed by atoms with van der Waals surface area (Å²) in [5, 5.41) is 14.4. The maximum absolute atomic E-state index is 11.8. The van der Waals surface area contributed by atoms with Gasteiger partial charge in [-0.25, -0.2) is 9.59 Å². The van der Waals surface area contributed by atoms with Crippen molar-refractivity contribution in [3.05, 3.63) is 65.2 Å². The summed E-state index contributed by atoms with van der Waals surface area (Å²) in [7, 11) is 0. The first-order valence-corrected chi connectivity index (χ1v) is 6.49. The van der Waals surface area contributed by atoms with Gasteiger partial charge in [0.25, 0.3) is 0 Å². The number of carboxylic acids is 1. The number of hydrogen-bond donors (Lipinski definition) is 3. The Morgan fingerprint density at radius 1 is 1.10 bits per heavy atom. The summed E-state index contributed by atoms with van der Waals surface area (Å²) in [6, 6.07) is 13.6. The molecule has 0 aliphatic carbocycles. The van der Waals surface area contributed by atoms with E-state index in [0.717, 1.165) is 16.8 Å². The number of carboxylic acid groups (broad SMARTS) is 1. The van der Waals surface area contributed by atoms with Gasteiger partial charge in [-0.05, 0) is 36.2 Å². The molecule has 2 aromatic rings. The molecule has 0 unspecified atom stereocenters. The van der Waals surface area contributed by atoms with Crippen LogP contribution in [0.15, 0.2) is 48.5 Å². The minimum absolute atomic E-state index is 0.202. The van der Waals surface area contributed by atoms with E-state index in [4.69, 9.17) is 5.11 Å². The summed E-state index contributed by atoms with van der Waals surface area (Å²) < 4.78 is 0. The lowest BCUT2D eigenvalue weighted by atomic mass is 10.1. The molecule has 0 atom stereocenters. The van der Waals surface area contributed by atoms with Crippen LogP contribution in [0.1, 0.15) is 21.5 Å². The zero-order valence-electron chi connectivity index (χ0n) is 11.6. The highest BCUT2D eigenvalue weighted by Crippen LogP contribution is 2.12. The Morgan fingerprint density at radius 3 is 2.57 bits per heavy atom. The van der Waals surface area contributed by atoms with Gasteiger partial charge in [0.2, 0.25) is 0 Å². The third kappa shape index (κ3) is 4.07. The van der Waals surface area contributed by atoms with Crippen LogP contribution in [0.2, 0.25) is 0 Å². The highest BCUT2D eigenvalue weighted by atomic mass is 16.4. The predicted octanol–water partition coefficient (Wildman–Crippen LogP) is 3.01. The molecule has 0 fully saturated rings. The second-order valence-corrected chi connectivity index (χ2v) is 4.63. The number of para-hydroxylation sites is 1. The van der Waals surface area contributed by atoms with Crippen molar-refractivity contribution >= 4 is 17.7 Å². The Hall–Kier alpha value is -2.82. The Kier molecular flexibility index (Phi) is 4.56. The molecule has 2 amide bonds. The van der Waals surface area contributed by atoms with Crippen molar-refractivity contribution in [3.8, 4) is 0 Å². The number of carbonyl (C=O) groups is 2. The van der Waals surface area contributed by atoms with Gasteiger partial charge in [-0.1, -0.05) is 30.3 Å². The highest BCUT2D eigenvalue weighted by Gasteiger charge is 2.06. The van der Waals surface area contributed by atoms with Gasteiger partial charge >= 0.3 is 12.0 Å². The van der Waals surface area contributed by atoms with E-state index in [9.17, 15) is 9.59 Å². The number of aromatic carboxylic acids is 1. The van der Waals surface area contributed by atoms with Crippen LogP contribution in [0.5, 0.6) is 0 Å². The maximum Gasteiger partial charge on any atom is 0.335 e. The molecule has 2 aromatic carbocycles. The van der Waals surface area contributed by atoms with Gasteiger partial charge < -0.3 is 15.7 Å². The van der Waals surface area contributed by atoms with Crippen LogP contribution in [-0.4, -0.2) is 17.1 Å². The van der Waals surface area contributed by atoms with Crippen molar-refractivity contribution in [1.29, 1.82) is 0 Å². The van der Waals surface area contributed by atoms with Crippen molar-refractivity contribution < 1.29 is 14.7 Å². The van der Waals surface area contributed by atoms with Gasteiger partial charge in [0.05, 0.1) is 5.56 Å². The Bertz CT molecular complexity index is 668. The van der Waals surface area contributed by atoms with Gasteiger partial charge in [-0.2, -0.15) is 0 Å². The summed E-state index contributed by atoms with van der Waals surface area (Å²) in [6.45, 7) is 2.17. The fraction of sp³-hybridized carbons (Fsp3) is 0.125. The number of urea groups is 1. The van der Waals surface area contributed by atoms with Crippen LogP contribution >= 0.6 is 0 Å². The Balaban J connectivity index is 1.94. The van der Waals surface area contributed by atoms with Gasteiger partial charge in [-0.15, -0.1) is 0 Å². The van der Waals surface area contributed by atoms with E-state index in [0.29, 0.717) is 0 Å². The van der Waals surface area contributed by atoms with Crippen LogP contribution in [0.3, 0.4) is 0 Å². The molecular weight excluding hydrogens is 268 g/mol. The van der Waals surface area contributed by atoms with E-state index < -0.39 is 5.97 Å². The third-order valence-corrected chi connectivity index (χ3v) is 3.02. The summed E-state index contributed by atoms with van der Waals surface area (Å²) in [4.78, 5) is 22.7. The molecule has 5 heteroatoms. The van der Waals surface area contributed by atoms with Gasteiger partial charge in [0, 0.05) is 12.2 Å². The highest BCUT2D eigenvalue weighted by molar-refractivity contribution is 5.90. The molecule has 0 aliphatic heterocycles. The molecular formula is C16H16N2O3. The molecule has 0 aliphatic rings. The lowest BCUT2D eigenvalue weighted by Gasteiger charge is -2.10. The van der Waals surface area contributed by atoms with Crippen LogP contribution in [-0.2, 0) is 6.54 Å². The van der Waals surface area contributed by atoms with Crippen molar-refractivity contribution in [2.45, 2.75) is 13.5 Å². The van der Waals surface area contributed by atoms with Crippen LogP contribution in [0.25, 0.3) is 0 Å². The van der Waals surface area contributed by atoms with Gasteiger partial charge in [-0.3, -0.25) is 0 Å². The molecule has 108 valence electrons. The topological polar surface area (TPSA) is 78.4 Å². The molecule has 0 saturated heterocycles. The number of rotatable bonds is 4. The van der Waals surface area contributed by atoms with Gasteiger partial charge in [0.15, 0.2) is 0 Å². The first kappa shape index (κ1) is 14.6. The third-order valence-electron chi connectivity index (χ3n) is 3.02. The SMILES string of the molecule is Cc1ccccc1NC(=O)NCc1cccc(C(=O)O)c1. The minimum Gasteiger partial charge on any atom is -0.478 e. The van der Waals surface area contributed by atoms with E-state index >= 15 is 0 Å². The molecule has 3 N–H and O–H groups in total. The summed E-state index contributed by atoms with van der Waals surface area (Å²) in [5.41, 5.74) is 2.65. The molecule has 21 heavy (non-hydrogen) atoms. The maximum atomic E-state index is 11.8. The second kappa shape index (κ2) is 6.56. The van der Waals surface area contributed by atoms with E-state index in [1.165, 1.54) is 12.1 Å². The van der Waals surface area contributed by atoms with Crippen LogP contribution in [0.4, 0.5) is 10.5 Å². The Labute approximate surface area is 122 Å². The number of nitrogens with one attached hydrogen (secondary N) is 2.